The van der Waals surface area contributed by atoms with Gasteiger partial charge >= 0.3 is 0 Å². The van der Waals surface area contributed by atoms with Gasteiger partial charge in [0.05, 0.1) is 0 Å². The van der Waals surface area contributed by atoms with Crippen LogP contribution in [0.1, 0.15) is 25.7 Å². The Kier molecular flexibility index (Phi) is 2.93. The molecule has 2 aromatic rings. The number of fused-ring (bicyclic) bond motifs is 1. The molecule has 0 bridgehead atoms. The lowest BCUT2D eigenvalue weighted by molar-refractivity contribution is 0.136. The highest BCUT2D eigenvalue weighted by molar-refractivity contribution is 5.73. The smallest absolute Gasteiger partial charge is 0.202 e. The quantitative estimate of drug-likeness (QED) is 0.914. The fourth-order valence-corrected chi connectivity index (χ4v) is 3.21. The van der Waals surface area contributed by atoms with E-state index in [1.165, 1.54) is 25.7 Å². The molecule has 2 heterocycles. The van der Waals surface area contributed by atoms with Crippen LogP contribution in [0.5, 0.6) is 0 Å². The van der Waals surface area contributed by atoms with E-state index in [2.05, 4.69) is 33.5 Å². The van der Waals surface area contributed by atoms with Crippen molar-refractivity contribution in [3.8, 4) is 0 Å². The van der Waals surface area contributed by atoms with Crippen molar-refractivity contribution in [1.29, 1.82) is 0 Å². The van der Waals surface area contributed by atoms with E-state index < -0.39 is 0 Å². The number of imidazole rings is 1. The maximum Gasteiger partial charge on any atom is 0.202 e. The monoisotopic (exact) mass is 259 g/mol. The molecule has 2 N–H and O–H groups in total. The summed E-state index contributed by atoms with van der Waals surface area (Å²) >= 11 is 0. The Labute approximate surface area is 113 Å². The zero-order valence-electron chi connectivity index (χ0n) is 11.6. The van der Waals surface area contributed by atoms with Gasteiger partial charge in [0.25, 0.3) is 0 Å². The van der Waals surface area contributed by atoms with E-state index in [1.807, 2.05) is 12.1 Å². The molecule has 0 aromatic carbocycles. The first kappa shape index (κ1) is 12.4. The van der Waals surface area contributed by atoms with Gasteiger partial charge in [0.2, 0.25) is 5.95 Å². The van der Waals surface area contributed by atoms with Crippen molar-refractivity contribution < 1.29 is 0 Å². The van der Waals surface area contributed by atoms with Gasteiger partial charge in [0, 0.05) is 18.3 Å². The second-order valence-electron chi connectivity index (χ2n) is 5.73. The zero-order chi connectivity index (χ0) is 13.5. The number of pyridine rings is 1. The molecule has 1 aliphatic carbocycles. The first-order valence-electron chi connectivity index (χ1n) is 6.87. The van der Waals surface area contributed by atoms with Crippen LogP contribution in [0.15, 0.2) is 18.3 Å². The Bertz CT molecular complexity index is 581. The van der Waals surface area contributed by atoms with Crippen LogP contribution in [0.4, 0.5) is 5.95 Å². The Morgan fingerprint density at radius 3 is 2.79 bits per heavy atom. The molecule has 0 aliphatic heterocycles. The minimum atomic E-state index is 0.194. The number of nitrogen functional groups attached to an aromatic ring is 1. The maximum atomic E-state index is 6.08. The zero-order valence-corrected chi connectivity index (χ0v) is 11.6. The lowest BCUT2D eigenvalue weighted by atomic mass is 9.96. The van der Waals surface area contributed by atoms with Crippen molar-refractivity contribution in [2.24, 2.45) is 0 Å². The van der Waals surface area contributed by atoms with E-state index in [1.54, 1.807) is 6.20 Å². The van der Waals surface area contributed by atoms with Crippen molar-refractivity contribution in [2.45, 2.75) is 37.8 Å². The van der Waals surface area contributed by atoms with E-state index in [4.69, 9.17) is 5.73 Å². The van der Waals surface area contributed by atoms with Gasteiger partial charge in [-0.05, 0) is 39.1 Å². The summed E-state index contributed by atoms with van der Waals surface area (Å²) in [5.74, 6) is 0.571. The van der Waals surface area contributed by atoms with Crippen LogP contribution in [-0.2, 0) is 6.54 Å². The van der Waals surface area contributed by atoms with Crippen molar-refractivity contribution in [3.63, 3.8) is 0 Å². The minimum Gasteiger partial charge on any atom is -0.369 e. The lowest BCUT2D eigenvalue weighted by Crippen LogP contribution is -2.45. The summed E-state index contributed by atoms with van der Waals surface area (Å²) in [4.78, 5) is 11.2. The molecule has 102 valence electrons. The summed E-state index contributed by atoms with van der Waals surface area (Å²) < 4.78 is 2.07. The minimum absolute atomic E-state index is 0.194. The number of anilines is 1. The average molecular weight is 259 g/mol. The molecule has 5 nitrogen and oxygen atoms in total. The molecule has 0 radical (unpaired) electrons. The van der Waals surface area contributed by atoms with Gasteiger partial charge < -0.3 is 10.6 Å². The van der Waals surface area contributed by atoms with Crippen LogP contribution in [0.3, 0.4) is 0 Å². The summed E-state index contributed by atoms with van der Waals surface area (Å²) in [6, 6.07) is 3.86. The van der Waals surface area contributed by atoms with Crippen LogP contribution in [0.25, 0.3) is 11.2 Å². The van der Waals surface area contributed by atoms with Crippen molar-refractivity contribution in [3.05, 3.63) is 18.3 Å². The maximum absolute atomic E-state index is 6.08. The first-order chi connectivity index (χ1) is 9.12. The molecular weight excluding hydrogens is 238 g/mol. The number of nitrogens with zero attached hydrogens (tertiary/aromatic N) is 4. The van der Waals surface area contributed by atoms with Crippen LogP contribution in [0, 0.1) is 0 Å². The van der Waals surface area contributed by atoms with E-state index in [-0.39, 0.29) is 5.54 Å². The highest BCUT2D eigenvalue weighted by Gasteiger charge is 2.37. The Balaban J connectivity index is 2.03. The van der Waals surface area contributed by atoms with Crippen molar-refractivity contribution in [1.82, 2.24) is 19.4 Å². The molecule has 3 rings (SSSR count). The summed E-state index contributed by atoms with van der Waals surface area (Å²) in [5.41, 5.74) is 8.06. The number of aromatic nitrogens is 3. The van der Waals surface area contributed by atoms with Gasteiger partial charge in [-0.1, -0.05) is 12.8 Å². The molecule has 0 atom stereocenters. The second kappa shape index (κ2) is 4.49. The topological polar surface area (TPSA) is 60.0 Å². The number of nitrogens with two attached hydrogens (primary N) is 1. The summed E-state index contributed by atoms with van der Waals surface area (Å²) in [5, 5.41) is 0. The highest BCUT2D eigenvalue weighted by Crippen LogP contribution is 2.36. The number of likely N-dealkylation sites (N-methyl/N-ethyl adjacent to an activating group) is 1. The Hall–Kier alpha value is -1.62. The van der Waals surface area contributed by atoms with Gasteiger partial charge in [-0.3, -0.25) is 4.57 Å². The normalized spacial score (nSPS) is 18.5. The fraction of sp³-hybridized carbons (Fsp3) is 0.571. The van der Waals surface area contributed by atoms with Gasteiger partial charge in [-0.2, -0.15) is 0 Å². The standard InChI is InChI=1S/C14H21N5/c1-18(2)14(7-3-4-8-14)10-19-12-11(17-13(19)15)6-5-9-16-12/h5-6,9H,3-4,7-8,10H2,1-2H3,(H2,15,17). The largest absolute Gasteiger partial charge is 0.369 e. The SMILES string of the molecule is CN(C)C1(Cn2c(N)nc3cccnc32)CCCC1. The summed E-state index contributed by atoms with van der Waals surface area (Å²) in [7, 11) is 4.32. The number of rotatable bonds is 3. The first-order valence-corrected chi connectivity index (χ1v) is 6.87. The van der Waals surface area contributed by atoms with Crippen molar-refractivity contribution >= 4 is 17.1 Å². The van der Waals surface area contributed by atoms with Gasteiger partial charge in [-0.25, -0.2) is 9.97 Å². The third kappa shape index (κ3) is 1.98. The highest BCUT2D eigenvalue weighted by atomic mass is 15.2. The Morgan fingerprint density at radius 2 is 2.11 bits per heavy atom. The van der Waals surface area contributed by atoms with E-state index in [0.29, 0.717) is 5.95 Å². The van der Waals surface area contributed by atoms with Crippen LogP contribution >= 0.6 is 0 Å². The van der Waals surface area contributed by atoms with Crippen LogP contribution in [-0.4, -0.2) is 39.1 Å². The lowest BCUT2D eigenvalue weighted by Gasteiger charge is -2.36. The average Bonchev–Trinajstić information content (AvgIpc) is 2.97. The molecule has 0 unspecified atom stereocenters. The molecule has 0 saturated heterocycles. The predicted molar refractivity (Wildman–Crippen MR) is 76.8 cm³/mol. The molecule has 0 amide bonds. The fourth-order valence-electron chi connectivity index (χ4n) is 3.21. The molecule has 2 aromatic heterocycles. The van der Waals surface area contributed by atoms with Gasteiger partial charge in [0.15, 0.2) is 5.65 Å². The van der Waals surface area contributed by atoms with E-state index in [0.717, 1.165) is 17.7 Å². The number of hydrogen-bond acceptors (Lipinski definition) is 4. The molecule has 0 spiro atoms. The molecule has 1 fully saturated rings. The van der Waals surface area contributed by atoms with Crippen LogP contribution in [0.2, 0.25) is 0 Å². The molecule has 19 heavy (non-hydrogen) atoms. The predicted octanol–water partition coefficient (Wildman–Crippen LogP) is 1.89. The van der Waals surface area contributed by atoms with Gasteiger partial charge in [0.1, 0.15) is 5.52 Å². The van der Waals surface area contributed by atoms with Gasteiger partial charge in [-0.15, -0.1) is 0 Å². The summed E-state index contributed by atoms with van der Waals surface area (Å²) in [6.45, 7) is 0.874. The van der Waals surface area contributed by atoms with Crippen molar-refractivity contribution in [2.75, 3.05) is 19.8 Å². The van der Waals surface area contributed by atoms with E-state index >= 15 is 0 Å². The van der Waals surface area contributed by atoms with Crippen LogP contribution < -0.4 is 5.73 Å². The summed E-state index contributed by atoms with van der Waals surface area (Å²) in [6.07, 6.45) is 6.81. The van der Waals surface area contributed by atoms with E-state index in [9.17, 15) is 0 Å². The number of hydrogen-bond donors (Lipinski definition) is 1. The second-order valence-corrected chi connectivity index (χ2v) is 5.73. The third-order valence-corrected chi connectivity index (χ3v) is 4.47. The molecule has 1 aliphatic rings. The molecule has 5 heteroatoms. The third-order valence-electron chi connectivity index (χ3n) is 4.47. The Morgan fingerprint density at radius 1 is 1.37 bits per heavy atom. The molecular formula is C14H21N5. The molecule has 1 saturated carbocycles.